The maximum Gasteiger partial charge on any atom is 0.0687 e. The molecule has 2 heteroatoms. The lowest BCUT2D eigenvalue weighted by atomic mass is 9.82. The van der Waals surface area contributed by atoms with Crippen LogP contribution in [0.4, 0.5) is 0 Å². The second-order valence-electron chi connectivity index (χ2n) is 4.04. The highest BCUT2D eigenvalue weighted by Gasteiger charge is 2.29. The molecule has 72 valence electrons. The largest absolute Gasteiger partial charge is 0.300 e. The summed E-state index contributed by atoms with van der Waals surface area (Å²) in [5.74, 6) is 0. The van der Waals surface area contributed by atoms with Gasteiger partial charge in [0.05, 0.1) is 11.5 Å². The lowest BCUT2D eigenvalue weighted by molar-refractivity contribution is 0.170. The van der Waals surface area contributed by atoms with E-state index >= 15 is 0 Å². The van der Waals surface area contributed by atoms with Crippen molar-refractivity contribution >= 4 is 0 Å². The van der Waals surface area contributed by atoms with E-state index in [9.17, 15) is 0 Å². The minimum Gasteiger partial charge on any atom is -0.300 e. The van der Waals surface area contributed by atoms with Crippen LogP contribution in [0.25, 0.3) is 0 Å². The van der Waals surface area contributed by atoms with Crippen molar-refractivity contribution in [3.8, 4) is 6.07 Å². The van der Waals surface area contributed by atoms with Crippen molar-refractivity contribution in [3.05, 3.63) is 12.2 Å². The molecular weight excluding hydrogens is 160 g/mol. The van der Waals surface area contributed by atoms with E-state index in [2.05, 4.69) is 30.0 Å². The molecule has 0 unspecified atom stereocenters. The fourth-order valence-electron chi connectivity index (χ4n) is 1.60. The van der Waals surface area contributed by atoms with Gasteiger partial charge in [-0.2, -0.15) is 5.26 Å². The Bertz CT molecular complexity index is 217. The summed E-state index contributed by atoms with van der Waals surface area (Å²) in [4.78, 5) is 2.40. The summed E-state index contributed by atoms with van der Waals surface area (Å²) in [5.41, 5.74) is -0.0631. The Balaban J connectivity index is 2.35. The number of rotatable bonds is 2. The van der Waals surface area contributed by atoms with Gasteiger partial charge in [0, 0.05) is 6.54 Å². The van der Waals surface area contributed by atoms with Gasteiger partial charge in [-0.1, -0.05) is 12.2 Å². The van der Waals surface area contributed by atoms with Gasteiger partial charge in [-0.3, -0.25) is 4.90 Å². The Labute approximate surface area is 80.8 Å². The van der Waals surface area contributed by atoms with Gasteiger partial charge in [-0.05, 0) is 39.8 Å². The van der Waals surface area contributed by atoms with E-state index in [1.165, 1.54) is 0 Å². The molecule has 0 spiro atoms. The van der Waals surface area contributed by atoms with Crippen LogP contribution in [0.1, 0.15) is 26.7 Å². The van der Waals surface area contributed by atoms with Crippen molar-refractivity contribution in [2.24, 2.45) is 5.41 Å². The van der Waals surface area contributed by atoms with E-state index in [0.29, 0.717) is 0 Å². The van der Waals surface area contributed by atoms with Crippen molar-refractivity contribution < 1.29 is 0 Å². The molecule has 0 N–H and O–H groups in total. The molecule has 1 fully saturated rings. The normalized spacial score (nSPS) is 23.2. The van der Waals surface area contributed by atoms with Crippen LogP contribution >= 0.6 is 0 Å². The number of hydrogen-bond donors (Lipinski definition) is 0. The van der Waals surface area contributed by atoms with Gasteiger partial charge in [0.2, 0.25) is 0 Å². The van der Waals surface area contributed by atoms with Gasteiger partial charge in [-0.15, -0.1) is 0 Å². The van der Waals surface area contributed by atoms with Crippen LogP contribution in [0.3, 0.4) is 0 Å². The molecule has 0 aromatic carbocycles. The summed E-state index contributed by atoms with van der Waals surface area (Å²) >= 11 is 0. The van der Waals surface area contributed by atoms with Crippen LogP contribution in [0, 0.1) is 16.7 Å². The lowest BCUT2D eigenvalue weighted by Gasteiger charge is -2.34. The Morgan fingerprint density at radius 1 is 1.46 bits per heavy atom. The number of likely N-dealkylation sites (tertiary alicyclic amines) is 1. The zero-order chi connectivity index (χ0) is 9.73. The topological polar surface area (TPSA) is 27.0 Å². The summed E-state index contributed by atoms with van der Waals surface area (Å²) < 4.78 is 0. The van der Waals surface area contributed by atoms with Gasteiger partial charge in [-0.25, -0.2) is 0 Å². The second-order valence-corrected chi connectivity index (χ2v) is 4.04. The predicted molar refractivity (Wildman–Crippen MR) is 54.2 cm³/mol. The second kappa shape index (κ2) is 4.43. The first-order valence-corrected chi connectivity index (χ1v) is 4.95. The molecule has 0 aromatic rings. The maximum atomic E-state index is 8.93. The SMILES string of the molecule is C/C=C/CN1CCC(C)(C#N)CC1. The molecule has 1 aliphatic rings. The Hall–Kier alpha value is -0.810. The highest BCUT2D eigenvalue weighted by atomic mass is 15.1. The summed E-state index contributed by atoms with van der Waals surface area (Å²) in [6.45, 7) is 7.28. The van der Waals surface area contributed by atoms with Gasteiger partial charge in [0.1, 0.15) is 0 Å². The molecule has 1 rings (SSSR count). The zero-order valence-corrected chi connectivity index (χ0v) is 8.58. The quantitative estimate of drug-likeness (QED) is 0.606. The number of nitrogens with zero attached hydrogens (tertiary/aromatic N) is 2. The van der Waals surface area contributed by atoms with Gasteiger partial charge in [0.15, 0.2) is 0 Å². The monoisotopic (exact) mass is 178 g/mol. The van der Waals surface area contributed by atoms with Crippen molar-refractivity contribution in [2.75, 3.05) is 19.6 Å². The molecule has 1 saturated heterocycles. The molecule has 0 saturated carbocycles. The maximum absolute atomic E-state index is 8.93. The predicted octanol–water partition coefficient (Wildman–Crippen LogP) is 2.19. The first kappa shape index (κ1) is 10.3. The van der Waals surface area contributed by atoms with Crippen LogP contribution in [-0.2, 0) is 0 Å². The molecule has 0 atom stereocenters. The first-order chi connectivity index (χ1) is 6.20. The average Bonchev–Trinajstić information content (AvgIpc) is 2.17. The number of hydrogen-bond acceptors (Lipinski definition) is 2. The molecule has 2 nitrogen and oxygen atoms in total. The Kier molecular flexibility index (Phi) is 3.50. The van der Waals surface area contributed by atoms with E-state index in [4.69, 9.17) is 5.26 Å². The van der Waals surface area contributed by atoms with Crippen LogP contribution in [0.15, 0.2) is 12.2 Å². The highest BCUT2D eigenvalue weighted by molar-refractivity contribution is 4.99. The molecule has 1 heterocycles. The van der Waals surface area contributed by atoms with Gasteiger partial charge < -0.3 is 0 Å². The fourth-order valence-corrected chi connectivity index (χ4v) is 1.60. The third-order valence-corrected chi connectivity index (χ3v) is 2.83. The van der Waals surface area contributed by atoms with E-state index < -0.39 is 0 Å². The zero-order valence-electron chi connectivity index (χ0n) is 8.58. The Morgan fingerprint density at radius 2 is 2.08 bits per heavy atom. The number of nitriles is 1. The van der Waals surface area contributed by atoms with E-state index in [0.717, 1.165) is 32.5 Å². The first-order valence-electron chi connectivity index (χ1n) is 4.95. The average molecular weight is 178 g/mol. The summed E-state index contributed by atoms with van der Waals surface area (Å²) in [7, 11) is 0. The minimum absolute atomic E-state index is 0.0631. The van der Waals surface area contributed by atoms with Gasteiger partial charge >= 0.3 is 0 Å². The van der Waals surface area contributed by atoms with Crippen LogP contribution in [0.5, 0.6) is 0 Å². The minimum atomic E-state index is -0.0631. The molecule has 0 radical (unpaired) electrons. The van der Waals surface area contributed by atoms with Crippen LogP contribution in [-0.4, -0.2) is 24.5 Å². The van der Waals surface area contributed by atoms with Gasteiger partial charge in [0.25, 0.3) is 0 Å². The van der Waals surface area contributed by atoms with Crippen molar-refractivity contribution in [1.29, 1.82) is 5.26 Å². The van der Waals surface area contributed by atoms with Crippen molar-refractivity contribution in [3.63, 3.8) is 0 Å². The summed E-state index contributed by atoms with van der Waals surface area (Å²) in [6.07, 6.45) is 6.29. The standard InChI is InChI=1S/C11H18N2/c1-3-4-7-13-8-5-11(2,10-12)6-9-13/h3-4H,5-9H2,1-2H3/b4-3+. The van der Waals surface area contributed by atoms with Crippen LogP contribution in [0.2, 0.25) is 0 Å². The van der Waals surface area contributed by atoms with Crippen molar-refractivity contribution in [2.45, 2.75) is 26.7 Å². The van der Waals surface area contributed by atoms with Crippen LogP contribution < -0.4 is 0 Å². The van der Waals surface area contributed by atoms with E-state index in [1.807, 2.05) is 6.92 Å². The smallest absolute Gasteiger partial charge is 0.0687 e. The van der Waals surface area contributed by atoms with E-state index in [-0.39, 0.29) is 5.41 Å². The molecule has 13 heavy (non-hydrogen) atoms. The molecule has 0 amide bonds. The third kappa shape index (κ3) is 2.86. The summed E-state index contributed by atoms with van der Waals surface area (Å²) in [5, 5.41) is 8.93. The fraction of sp³-hybridized carbons (Fsp3) is 0.727. The lowest BCUT2D eigenvalue weighted by Crippen LogP contribution is -2.37. The third-order valence-electron chi connectivity index (χ3n) is 2.83. The van der Waals surface area contributed by atoms with E-state index in [1.54, 1.807) is 0 Å². The molecule has 1 aliphatic heterocycles. The number of piperidine rings is 1. The summed E-state index contributed by atoms with van der Waals surface area (Å²) in [6, 6.07) is 2.41. The molecule has 0 aromatic heterocycles. The molecular formula is C11H18N2. The van der Waals surface area contributed by atoms with Crippen molar-refractivity contribution in [1.82, 2.24) is 4.90 Å². The Morgan fingerprint density at radius 3 is 2.54 bits per heavy atom. The number of allylic oxidation sites excluding steroid dienone is 1. The molecule has 0 bridgehead atoms. The molecule has 0 aliphatic carbocycles. The highest BCUT2D eigenvalue weighted by Crippen LogP contribution is 2.29.